The molecule has 9 aromatic carbocycles. The molecule has 0 radical (unpaired) electrons. The highest BCUT2D eigenvalue weighted by molar-refractivity contribution is 6.16. The lowest BCUT2D eigenvalue weighted by molar-refractivity contribution is 0.669. The van der Waals surface area contributed by atoms with Crippen molar-refractivity contribution in [1.82, 2.24) is 4.57 Å². The lowest BCUT2D eigenvalue weighted by Gasteiger charge is -2.28. The fourth-order valence-electron chi connectivity index (χ4n) is 8.41. The monoisotopic (exact) mass is 676 g/mol. The van der Waals surface area contributed by atoms with Gasteiger partial charge >= 0.3 is 0 Å². The van der Waals surface area contributed by atoms with Crippen LogP contribution in [0.4, 0.5) is 17.1 Å². The second kappa shape index (κ2) is 11.7. The number of para-hydroxylation sites is 3. The van der Waals surface area contributed by atoms with Crippen molar-refractivity contribution in [1.29, 1.82) is 0 Å². The predicted octanol–water partition coefficient (Wildman–Crippen LogP) is 14.1. The third kappa shape index (κ3) is 4.61. The zero-order chi connectivity index (χ0) is 34.9. The standard InChI is InChI=1S/C50H32N2O/c1-2-13-39-33(11-1)23-24-35-12-9-20-46(49(35)39)51(36-27-25-34(26-28-36)40-17-10-22-48-50(40)43-16-5-8-21-47(43)53-48)37-29-31-38(32-30-37)52-44-18-6-3-14-41(44)42-15-4-7-19-45(42)52/h1-32H. The lowest BCUT2D eigenvalue weighted by atomic mass is 9.98. The summed E-state index contributed by atoms with van der Waals surface area (Å²) in [7, 11) is 0. The molecule has 0 aliphatic carbocycles. The van der Waals surface area contributed by atoms with Crippen molar-refractivity contribution in [3.8, 4) is 16.8 Å². The summed E-state index contributed by atoms with van der Waals surface area (Å²) in [5.41, 5.74) is 11.0. The van der Waals surface area contributed by atoms with Gasteiger partial charge in [-0.25, -0.2) is 0 Å². The molecular formula is C50H32N2O. The predicted molar refractivity (Wildman–Crippen MR) is 223 cm³/mol. The zero-order valence-corrected chi connectivity index (χ0v) is 28.8. The van der Waals surface area contributed by atoms with Crippen LogP contribution < -0.4 is 4.90 Å². The first-order chi connectivity index (χ1) is 26.3. The molecule has 0 atom stereocenters. The topological polar surface area (TPSA) is 21.3 Å². The molecule has 53 heavy (non-hydrogen) atoms. The van der Waals surface area contributed by atoms with Gasteiger partial charge in [-0.05, 0) is 94.0 Å². The second-order valence-electron chi connectivity index (χ2n) is 13.7. The molecule has 11 aromatic rings. The molecular weight excluding hydrogens is 645 g/mol. The van der Waals surface area contributed by atoms with Crippen LogP contribution >= 0.6 is 0 Å². The summed E-state index contributed by atoms with van der Waals surface area (Å²) in [5, 5.41) is 9.71. The Kier molecular flexibility index (Phi) is 6.55. The number of hydrogen-bond acceptors (Lipinski definition) is 2. The minimum atomic E-state index is 0.903. The SMILES string of the molecule is c1ccc2c(c1)ccc1cccc(N(c3ccc(-c4cccc5oc6ccccc6c45)cc3)c3ccc(-n4c5ccccc5c5ccccc54)cc3)c12. The van der Waals surface area contributed by atoms with E-state index in [1.165, 1.54) is 43.4 Å². The van der Waals surface area contributed by atoms with E-state index in [9.17, 15) is 0 Å². The highest BCUT2D eigenvalue weighted by atomic mass is 16.3. The Morgan fingerprint density at radius 2 is 0.943 bits per heavy atom. The van der Waals surface area contributed by atoms with Crippen molar-refractivity contribution in [2.75, 3.05) is 4.90 Å². The Balaban J connectivity index is 1.10. The van der Waals surface area contributed by atoms with E-state index in [-0.39, 0.29) is 0 Å². The van der Waals surface area contributed by atoms with Crippen molar-refractivity contribution < 1.29 is 4.42 Å². The molecule has 0 unspecified atom stereocenters. The van der Waals surface area contributed by atoms with Crippen LogP contribution in [0.5, 0.6) is 0 Å². The Bertz CT molecular complexity index is 3110. The van der Waals surface area contributed by atoms with Crippen molar-refractivity contribution in [2.24, 2.45) is 0 Å². The van der Waals surface area contributed by atoms with E-state index in [1.54, 1.807) is 0 Å². The quantitative estimate of drug-likeness (QED) is 0.169. The van der Waals surface area contributed by atoms with E-state index in [0.29, 0.717) is 0 Å². The number of aromatic nitrogens is 1. The van der Waals surface area contributed by atoms with Gasteiger partial charge in [0.15, 0.2) is 0 Å². The highest BCUT2D eigenvalue weighted by Gasteiger charge is 2.19. The highest BCUT2D eigenvalue weighted by Crippen LogP contribution is 2.44. The van der Waals surface area contributed by atoms with Gasteiger partial charge in [-0.3, -0.25) is 0 Å². The maximum atomic E-state index is 6.24. The third-order valence-electron chi connectivity index (χ3n) is 10.8. The van der Waals surface area contributed by atoms with E-state index in [0.717, 1.165) is 55.8 Å². The fraction of sp³-hybridized carbons (Fsp3) is 0. The average molecular weight is 677 g/mol. The van der Waals surface area contributed by atoms with Crippen LogP contribution in [-0.2, 0) is 0 Å². The Morgan fingerprint density at radius 1 is 0.377 bits per heavy atom. The molecule has 2 aromatic heterocycles. The molecule has 0 saturated heterocycles. The molecule has 0 amide bonds. The number of furan rings is 1. The van der Waals surface area contributed by atoms with Crippen LogP contribution in [-0.4, -0.2) is 4.57 Å². The molecule has 2 heterocycles. The van der Waals surface area contributed by atoms with Crippen molar-refractivity contribution in [2.45, 2.75) is 0 Å². The third-order valence-corrected chi connectivity index (χ3v) is 10.8. The van der Waals surface area contributed by atoms with Crippen LogP contribution in [0.1, 0.15) is 0 Å². The first-order valence-corrected chi connectivity index (χ1v) is 18.1. The van der Waals surface area contributed by atoms with Crippen LogP contribution in [0, 0.1) is 0 Å². The molecule has 11 rings (SSSR count). The molecule has 3 heteroatoms. The number of hydrogen-bond donors (Lipinski definition) is 0. The Morgan fingerprint density at radius 3 is 1.70 bits per heavy atom. The Hall–Kier alpha value is -7.10. The van der Waals surface area contributed by atoms with Gasteiger partial charge < -0.3 is 13.9 Å². The van der Waals surface area contributed by atoms with Crippen molar-refractivity contribution in [3.05, 3.63) is 194 Å². The number of anilines is 3. The van der Waals surface area contributed by atoms with Gasteiger partial charge in [0.25, 0.3) is 0 Å². The molecule has 0 spiro atoms. The largest absolute Gasteiger partial charge is 0.456 e. The smallest absolute Gasteiger partial charge is 0.136 e. The molecule has 0 aliphatic heterocycles. The number of fused-ring (bicyclic) bond motifs is 9. The minimum absolute atomic E-state index is 0.903. The molecule has 0 saturated carbocycles. The van der Waals surface area contributed by atoms with Gasteiger partial charge in [0, 0.05) is 44.0 Å². The summed E-state index contributed by atoms with van der Waals surface area (Å²) in [6.07, 6.45) is 0. The summed E-state index contributed by atoms with van der Waals surface area (Å²) in [5.74, 6) is 0. The molecule has 0 aliphatic rings. The first-order valence-electron chi connectivity index (χ1n) is 18.1. The van der Waals surface area contributed by atoms with E-state index in [1.807, 2.05) is 12.1 Å². The zero-order valence-electron chi connectivity index (χ0n) is 28.8. The van der Waals surface area contributed by atoms with Crippen LogP contribution in [0.25, 0.3) is 82.1 Å². The van der Waals surface area contributed by atoms with E-state index < -0.39 is 0 Å². The fourth-order valence-corrected chi connectivity index (χ4v) is 8.41. The second-order valence-corrected chi connectivity index (χ2v) is 13.7. The van der Waals surface area contributed by atoms with E-state index in [4.69, 9.17) is 4.42 Å². The van der Waals surface area contributed by atoms with Gasteiger partial charge in [-0.15, -0.1) is 0 Å². The van der Waals surface area contributed by atoms with Crippen molar-refractivity contribution >= 4 is 82.4 Å². The summed E-state index contributed by atoms with van der Waals surface area (Å²) in [6.45, 7) is 0. The van der Waals surface area contributed by atoms with Gasteiger partial charge in [-0.2, -0.15) is 0 Å². The number of nitrogens with zero attached hydrogens (tertiary/aromatic N) is 2. The summed E-state index contributed by atoms with van der Waals surface area (Å²) in [6, 6.07) is 69.8. The van der Waals surface area contributed by atoms with Crippen LogP contribution in [0.3, 0.4) is 0 Å². The van der Waals surface area contributed by atoms with Crippen molar-refractivity contribution in [3.63, 3.8) is 0 Å². The molecule has 248 valence electrons. The van der Waals surface area contributed by atoms with Crippen LogP contribution in [0.15, 0.2) is 199 Å². The summed E-state index contributed by atoms with van der Waals surface area (Å²) < 4.78 is 8.62. The summed E-state index contributed by atoms with van der Waals surface area (Å²) >= 11 is 0. The van der Waals surface area contributed by atoms with Gasteiger partial charge in [0.05, 0.1) is 16.7 Å². The minimum Gasteiger partial charge on any atom is -0.456 e. The number of benzene rings is 9. The van der Waals surface area contributed by atoms with E-state index in [2.05, 4.69) is 191 Å². The van der Waals surface area contributed by atoms with Gasteiger partial charge in [-0.1, -0.05) is 127 Å². The molecule has 0 fully saturated rings. The molecule has 0 bridgehead atoms. The number of rotatable bonds is 5. The molecule has 0 N–H and O–H groups in total. The van der Waals surface area contributed by atoms with Gasteiger partial charge in [0.1, 0.15) is 11.2 Å². The summed E-state index contributed by atoms with van der Waals surface area (Å²) in [4.78, 5) is 2.40. The van der Waals surface area contributed by atoms with Gasteiger partial charge in [0.2, 0.25) is 0 Å². The van der Waals surface area contributed by atoms with Crippen LogP contribution in [0.2, 0.25) is 0 Å². The first kappa shape index (κ1) is 29.6. The molecule has 3 nitrogen and oxygen atoms in total. The normalized spacial score (nSPS) is 11.8. The van der Waals surface area contributed by atoms with E-state index >= 15 is 0 Å². The Labute approximate surface area is 306 Å². The maximum Gasteiger partial charge on any atom is 0.136 e. The lowest BCUT2D eigenvalue weighted by Crippen LogP contribution is -2.11. The average Bonchev–Trinajstić information content (AvgIpc) is 3.78. The maximum absolute atomic E-state index is 6.24.